The van der Waals surface area contributed by atoms with Gasteiger partial charge in [0.1, 0.15) is 0 Å². The lowest BCUT2D eigenvalue weighted by Gasteiger charge is -2.38. The van der Waals surface area contributed by atoms with Crippen LogP contribution in [0.25, 0.3) is 0 Å². The molecule has 18 heavy (non-hydrogen) atoms. The maximum atomic E-state index is 12.1. The van der Waals surface area contributed by atoms with Gasteiger partial charge >= 0.3 is 5.97 Å². The second-order valence-electron chi connectivity index (χ2n) is 5.46. The van der Waals surface area contributed by atoms with Crippen LogP contribution in [0.1, 0.15) is 33.1 Å². The first-order valence-corrected chi connectivity index (χ1v) is 5.68. The van der Waals surface area contributed by atoms with Gasteiger partial charge in [-0.1, -0.05) is 13.8 Å². The maximum absolute atomic E-state index is 12.1. The monoisotopic (exact) mass is 261 g/mol. The molecule has 0 spiro atoms. The van der Waals surface area contributed by atoms with Crippen molar-refractivity contribution in [3.63, 3.8) is 0 Å². The van der Waals surface area contributed by atoms with Gasteiger partial charge in [0.05, 0.1) is 18.1 Å². The number of carboxylic acids is 1. The van der Waals surface area contributed by atoms with Gasteiger partial charge in [-0.2, -0.15) is 0 Å². The fourth-order valence-electron chi connectivity index (χ4n) is 2.44. The molecule has 0 radical (unpaired) electrons. The van der Waals surface area contributed by atoms with Crippen molar-refractivity contribution in [1.29, 1.82) is 0 Å². The fraction of sp³-hybridized carbons (Fsp3) is 0.818. The van der Waals surface area contributed by atoms with Gasteiger partial charge in [-0.3, -0.25) is 9.59 Å². The third kappa shape index (κ3) is 2.86. The highest BCUT2D eigenvalue weighted by Gasteiger charge is 2.53. The molecule has 7 nitrogen and oxygen atoms in total. The predicted octanol–water partition coefficient (Wildman–Crippen LogP) is -1.42. The summed E-state index contributed by atoms with van der Waals surface area (Å²) in [5.41, 5.74) is 16.0. The molecule has 106 valence electrons. The van der Waals surface area contributed by atoms with Crippen molar-refractivity contribution < 1.29 is 20.2 Å². The minimum Gasteiger partial charge on any atom is -0.481 e. The number of nitrogens with two attached hydrogens (primary N) is 3. The number of carbonyl (C=O) groups excluding carboxylic acids is 1. The van der Waals surface area contributed by atoms with Crippen LogP contribution in [0.5, 0.6) is 0 Å². The molecule has 1 fully saturated rings. The number of rotatable bonds is 4. The van der Waals surface area contributed by atoms with E-state index in [9.17, 15) is 9.59 Å². The molecule has 1 saturated carbocycles. The van der Waals surface area contributed by atoms with E-state index < -0.39 is 23.1 Å². The maximum Gasteiger partial charge on any atom is 0.305 e. The Labute approximate surface area is 106 Å². The van der Waals surface area contributed by atoms with E-state index in [1.165, 1.54) is 0 Å². The second kappa shape index (κ2) is 5.31. The van der Waals surface area contributed by atoms with Gasteiger partial charge in [-0.25, -0.2) is 0 Å². The van der Waals surface area contributed by atoms with E-state index in [2.05, 4.69) is 0 Å². The predicted molar refractivity (Wildman–Crippen MR) is 66.5 cm³/mol. The zero-order valence-corrected chi connectivity index (χ0v) is 10.8. The average molecular weight is 261 g/mol. The van der Waals surface area contributed by atoms with Crippen LogP contribution in [0.2, 0.25) is 0 Å². The molecule has 0 bridgehead atoms. The van der Waals surface area contributed by atoms with Gasteiger partial charge in [-0.15, -0.1) is 0 Å². The summed E-state index contributed by atoms with van der Waals surface area (Å²) in [7, 11) is 0. The molecule has 1 rings (SSSR count). The zero-order valence-electron chi connectivity index (χ0n) is 10.8. The van der Waals surface area contributed by atoms with Crippen molar-refractivity contribution in [1.82, 2.24) is 0 Å². The zero-order chi connectivity index (χ0) is 13.4. The van der Waals surface area contributed by atoms with E-state index >= 15 is 0 Å². The van der Waals surface area contributed by atoms with Crippen molar-refractivity contribution in [2.45, 2.75) is 44.8 Å². The Morgan fingerprint density at radius 2 is 1.89 bits per heavy atom. The van der Waals surface area contributed by atoms with Crippen LogP contribution in [-0.2, 0) is 9.59 Å². The summed E-state index contributed by atoms with van der Waals surface area (Å²) in [6.07, 6.45) is 0.746. The highest BCUT2D eigenvalue weighted by atomic mass is 16.4. The molecule has 0 aromatic heterocycles. The molecule has 0 aromatic carbocycles. The summed E-state index contributed by atoms with van der Waals surface area (Å²) in [5, 5.41) is 8.63. The average Bonchev–Trinajstić information content (AvgIpc) is 2.35. The van der Waals surface area contributed by atoms with E-state index in [0.29, 0.717) is 12.8 Å². The second-order valence-corrected chi connectivity index (χ2v) is 5.46. The minimum absolute atomic E-state index is 0. The third-order valence-electron chi connectivity index (χ3n) is 4.02. The molecule has 0 amide bonds. The molecular weight excluding hydrogens is 238 g/mol. The standard InChI is InChI=1S/C11H21N3O3.H2O/c1-10(2)6(3-4-11(10,13)14)9(17)7(12)5-8(15)16;/h6-7H,3-5,12-14H2,1-2H3,(H,15,16);1H2/t6?,7-;/m0./s1. The Morgan fingerprint density at radius 3 is 2.22 bits per heavy atom. The first-order valence-electron chi connectivity index (χ1n) is 5.68. The lowest BCUT2D eigenvalue weighted by Crippen LogP contribution is -2.59. The molecule has 2 atom stereocenters. The SMILES string of the molecule is CC1(C)C(C(=O)[C@@H](N)CC(=O)O)CCC1(N)N.O. The highest BCUT2D eigenvalue weighted by Crippen LogP contribution is 2.46. The minimum atomic E-state index is -1.08. The number of Topliss-reactive ketones (excluding diaryl/α,β-unsaturated/α-hetero) is 1. The van der Waals surface area contributed by atoms with Gasteiger partial charge in [0.15, 0.2) is 5.78 Å². The van der Waals surface area contributed by atoms with Crippen molar-refractivity contribution in [3.8, 4) is 0 Å². The number of ketones is 1. The van der Waals surface area contributed by atoms with Crippen LogP contribution in [0.3, 0.4) is 0 Å². The van der Waals surface area contributed by atoms with Gasteiger partial charge < -0.3 is 27.8 Å². The van der Waals surface area contributed by atoms with Gasteiger partial charge in [0.2, 0.25) is 0 Å². The molecule has 0 heterocycles. The number of hydrogen-bond acceptors (Lipinski definition) is 5. The van der Waals surface area contributed by atoms with Crippen molar-refractivity contribution >= 4 is 11.8 Å². The van der Waals surface area contributed by atoms with Crippen molar-refractivity contribution in [3.05, 3.63) is 0 Å². The normalized spacial score (nSPS) is 26.2. The molecular formula is C11H23N3O4. The van der Waals surface area contributed by atoms with Crippen LogP contribution in [0.15, 0.2) is 0 Å². The lowest BCUT2D eigenvalue weighted by molar-refractivity contribution is -0.140. The van der Waals surface area contributed by atoms with Crippen LogP contribution in [0.4, 0.5) is 0 Å². The summed E-state index contributed by atoms with van der Waals surface area (Å²) in [5.74, 6) is -1.70. The van der Waals surface area contributed by atoms with Crippen molar-refractivity contribution in [2.75, 3.05) is 0 Å². The Morgan fingerprint density at radius 1 is 1.39 bits per heavy atom. The molecule has 1 aliphatic carbocycles. The Hall–Kier alpha value is -1.02. The third-order valence-corrected chi connectivity index (χ3v) is 4.02. The number of aliphatic carboxylic acids is 1. The summed E-state index contributed by atoms with van der Waals surface area (Å²) in [6.45, 7) is 3.66. The molecule has 1 unspecified atom stereocenters. The summed E-state index contributed by atoms with van der Waals surface area (Å²) in [6, 6.07) is -0.981. The first kappa shape index (κ1) is 17.0. The highest BCUT2D eigenvalue weighted by molar-refractivity contribution is 5.90. The molecule has 1 aliphatic rings. The molecule has 7 heteroatoms. The Bertz CT molecular complexity index is 341. The molecule has 0 aliphatic heterocycles. The molecule has 9 N–H and O–H groups in total. The lowest BCUT2D eigenvalue weighted by atomic mass is 9.73. The smallest absolute Gasteiger partial charge is 0.305 e. The van der Waals surface area contributed by atoms with Crippen LogP contribution in [0, 0.1) is 11.3 Å². The largest absolute Gasteiger partial charge is 0.481 e. The van der Waals surface area contributed by atoms with Crippen molar-refractivity contribution in [2.24, 2.45) is 28.5 Å². The van der Waals surface area contributed by atoms with Crippen LogP contribution >= 0.6 is 0 Å². The topological polar surface area (TPSA) is 164 Å². The molecule has 0 saturated heterocycles. The summed E-state index contributed by atoms with van der Waals surface area (Å²) in [4.78, 5) is 22.6. The van der Waals surface area contributed by atoms with Crippen LogP contribution < -0.4 is 17.2 Å². The fourth-order valence-corrected chi connectivity index (χ4v) is 2.44. The first-order chi connectivity index (χ1) is 7.59. The quantitative estimate of drug-likeness (QED) is 0.453. The van der Waals surface area contributed by atoms with E-state index in [1.807, 2.05) is 13.8 Å². The van der Waals surface area contributed by atoms with E-state index in [1.54, 1.807) is 0 Å². The molecule has 0 aromatic rings. The van der Waals surface area contributed by atoms with Gasteiger partial charge in [0, 0.05) is 11.3 Å². The summed E-state index contributed by atoms with van der Waals surface area (Å²) >= 11 is 0. The number of carboxylic acid groups (broad SMARTS) is 1. The van der Waals surface area contributed by atoms with E-state index in [0.717, 1.165) is 0 Å². The van der Waals surface area contributed by atoms with E-state index in [-0.39, 0.29) is 23.6 Å². The summed E-state index contributed by atoms with van der Waals surface area (Å²) < 4.78 is 0. The van der Waals surface area contributed by atoms with E-state index in [4.69, 9.17) is 22.3 Å². The number of hydrogen-bond donors (Lipinski definition) is 4. The van der Waals surface area contributed by atoms with Gasteiger partial charge in [-0.05, 0) is 12.8 Å². The van der Waals surface area contributed by atoms with Crippen LogP contribution in [-0.4, -0.2) is 34.0 Å². The Balaban J connectivity index is 0.00000289. The number of carbonyl (C=O) groups is 2. The Kier molecular flexibility index (Phi) is 5.01. The van der Waals surface area contributed by atoms with Gasteiger partial charge in [0.25, 0.3) is 0 Å².